The van der Waals surface area contributed by atoms with Crippen LogP contribution in [-0.2, 0) is 11.3 Å². The van der Waals surface area contributed by atoms with E-state index in [9.17, 15) is 0 Å². The number of methoxy groups -OCH3 is 2. The fourth-order valence-electron chi connectivity index (χ4n) is 1.38. The first kappa shape index (κ1) is 12.9. The highest BCUT2D eigenvalue weighted by molar-refractivity contribution is 5.25. The summed E-state index contributed by atoms with van der Waals surface area (Å²) in [6.45, 7) is 4.86. The van der Waals surface area contributed by atoms with E-state index in [1.165, 1.54) is 0 Å². The van der Waals surface area contributed by atoms with Gasteiger partial charge in [-0.3, -0.25) is 0 Å². The number of nitrogens with zero attached hydrogens (tertiary/aromatic N) is 1. The minimum atomic E-state index is 0.183. The van der Waals surface area contributed by atoms with Crippen LogP contribution in [0.25, 0.3) is 0 Å². The van der Waals surface area contributed by atoms with Gasteiger partial charge in [-0.25, -0.2) is 4.98 Å². The fraction of sp³-hybridized carbons (Fsp3) is 0.583. The van der Waals surface area contributed by atoms with E-state index in [4.69, 9.17) is 9.47 Å². The van der Waals surface area contributed by atoms with E-state index in [0.29, 0.717) is 5.88 Å². The van der Waals surface area contributed by atoms with Gasteiger partial charge in [-0.15, -0.1) is 0 Å². The molecule has 1 rings (SSSR count). The van der Waals surface area contributed by atoms with Crippen LogP contribution in [0.2, 0.25) is 0 Å². The molecule has 0 spiro atoms. The third-order valence-corrected chi connectivity index (χ3v) is 2.73. The van der Waals surface area contributed by atoms with Gasteiger partial charge in [0.15, 0.2) is 0 Å². The van der Waals surface area contributed by atoms with Crippen LogP contribution in [0.1, 0.15) is 19.4 Å². The molecule has 1 aromatic heterocycles. The molecule has 0 aromatic carbocycles. The monoisotopic (exact) mass is 224 g/mol. The molecule has 0 bridgehead atoms. The van der Waals surface area contributed by atoms with Crippen molar-refractivity contribution >= 4 is 0 Å². The van der Waals surface area contributed by atoms with E-state index in [1.54, 1.807) is 20.4 Å². The highest BCUT2D eigenvalue weighted by atomic mass is 16.5. The van der Waals surface area contributed by atoms with Gasteiger partial charge in [0, 0.05) is 31.5 Å². The zero-order chi connectivity index (χ0) is 12.0. The molecule has 0 amide bonds. The van der Waals surface area contributed by atoms with Crippen LogP contribution in [0.4, 0.5) is 0 Å². The maximum absolute atomic E-state index is 5.25. The molecule has 4 heteroatoms. The molecule has 0 aliphatic carbocycles. The van der Waals surface area contributed by atoms with Gasteiger partial charge in [0.2, 0.25) is 5.88 Å². The molecule has 0 aliphatic rings. The lowest BCUT2D eigenvalue weighted by Crippen LogP contribution is -2.36. The quantitative estimate of drug-likeness (QED) is 0.797. The molecule has 2 atom stereocenters. The zero-order valence-electron chi connectivity index (χ0n) is 10.4. The Morgan fingerprint density at radius 3 is 2.75 bits per heavy atom. The lowest BCUT2D eigenvalue weighted by molar-refractivity contribution is 0.0881. The van der Waals surface area contributed by atoms with Crippen molar-refractivity contribution in [2.75, 3.05) is 14.2 Å². The van der Waals surface area contributed by atoms with E-state index in [1.807, 2.05) is 19.1 Å². The summed E-state index contributed by atoms with van der Waals surface area (Å²) in [6, 6.07) is 4.20. The van der Waals surface area contributed by atoms with Gasteiger partial charge in [-0.1, -0.05) is 6.07 Å². The first-order valence-electron chi connectivity index (χ1n) is 5.43. The number of hydrogen-bond acceptors (Lipinski definition) is 4. The van der Waals surface area contributed by atoms with Crippen molar-refractivity contribution in [3.63, 3.8) is 0 Å². The third kappa shape index (κ3) is 3.47. The van der Waals surface area contributed by atoms with Crippen LogP contribution in [0, 0.1) is 0 Å². The van der Waals surface area contributed by atoms with Crippen molar-refractivity contribution in [3.05, 3.63) is 23.9 Å². The smallest absolute Gasteiger partial charge is 0.217 e. The molecular weight excluding hydrogens is 204 g/mol. The van der Waals surface area contributed by atoms with Gasteiger partial charge in [-0.2, -0.15) is 0 Å². The summed E-state index contributed by atoms with van der Waals surface area (Å²) < 4.78 is 10.4. The molecule has 2 unspecified atom stereocenters. The normalized spacial score (nSPS) is 14.5. The van der Waals surface area contributed by atoms with E-state index in [-0.39, 0.29) is 12.1 Å². The van der Waals surface area contributed by atoms with E-state index >= 15 is 0 Å². The summed E-state index contributed by atoms with van der Waals surface area (Å²) in [5.74, 6) is 0.673. The Morgan fingerprint density at radius 1 is 1.38 bits per heavy atom. The Morgan fingerprint density at radius 2 is 2.12 bits per heavy atom. The van der Waals surface area contributed by atoms with E-state index in [2.05, 4.69) is 17.2 Å². The molecular formula is C12H20N2O2. The molecule has 0 saturated heterocycles. The Labute approximate surface area is 97.0 Å². The molecule has 0 radical (unpaired) electrons. The zero-order valence-corrected chi connectivity index (χ0v) is 10.4. The van der Waals surface area contributed by atoms with Crippen molar-refractivity contribution in [3.8, 4) is 5.88 Å². The van der Waals surface area contributed by atoms with Crippen LogP contribution in [-0.4, -0.2) is 31.3 Å². The maximum atomic E-state index is 5.25. The first-order chi connectivity index (χ1) is 7.69. The van der Waals surface area contributed by atoms with Gasteiger partial charge in [0.25, 0.3) is 0 Å². The van der Waals surface area contributed by atoms with Gasteiger partial charge in [0.1, 0.15) is 0 Å². The molecule has 4 nitrogen and oxygen atoms in total. The van der Waals surface area contributed by atoms with Crippen molar-refractivity contribution in [2.45, 2.75) is 32.5 Å². The average molecular weight is 224 g/mol. The number of hydrogen-bond donors (Lipinski definition) is 1. The lowest BCUT2D eigenvalue weighted by Gasteiger charge is -2.20. The molecule has 0 saturated carbocycles. The summed E-state index contributed by atoms with van der Waals surface area (Å²) in [6.07, 6.45) is 1.91. The Kier molecular flexibility index (Phi) is 5.22. The van der Waals surface area contributed by atoms with Crippen molar-refractivity contribution < 1.29 is 9.47 Å². The second-order valence-electron chi connectivity index (χ2n) is 3.78. The predicted molar refractivity (Wildman–Crippen MR) is 63.6 cm³/mol. The van der Waals surface area contributed by atoms with Crippen molar-refractivity contribution in [1.82, 2.24) is 10.3 Å². The van der Waals surface area contributed by atoms with Crippen molar-refractivity contribution in [1.29, 1.82) is 0 Å². The number of nitrogens with one attached hydrogen (secondary N) is 1. The topological polar surface area (TPSA) is 43.4 Å². The van der Waals surface area contributed by atoms with Gasteiger partial charge >= 0.3 is 0 Å². The van der Waals surface area contributed by atoms with Crippen LogP contribution in [0.15, 0.2) is 18.3 Å². The fourth-order valence-corrected chi connectivity index (χ4v) is 1.38. The van der Waals surface area contributed by atoms with Gasteiger partial charge < -0.3 is 14.8 Å². The number of pyridine rings is 1. The molecule has 0 fully saturated rings. The SMILES string of the molecule is COc1ncccc1CNC(C)C(C)OC. The Bertz CT molecular complexity index is 318. The summed E-state index contributed by atoms with van der Waals surface area (Å²) in [4.78, 5) is 4.15. The van der Waals surface area contributed by atoms with Crippen LogP contribution in [0.5, 0.6) is 5.88 Å². The number of rotatable bonds is 6. The minimum Gasteiger partial charge on any atom is -0.481 e. The Hall–Kier alpha value is -1.13. The molecule has 1 heterocycles. The molecule has 1 aromatic rings. The van der Waals surface area contributed by atoms with E-state index < -0.39 is 0 Å². The van der Waals surface area contributed by atoms with Crippen LogP contribution in [0.3, 0.4) is 0 Å². The minimum absolute atomic E-state index is 0.183. The molecule has 1 N–H and O–H groups in total. The summed E-state index contributed by atoms with van der Waals surface area (Å²) in [5.41, 5.74) is 1.06. The second kappa shape index (κ2) is 6.45. The summed E-state index contributed by atoms with van der Waals surface area (Å²) in [5, 5.41) is 3.38. The number of aromatic nitrogens is 1. The van der Waals surface area contributed by atoms with Crippen LogP contribution < -0.4 is 10.1 Å². The van der Waals surface area contributed by atoms with Crippen LogP contribution >= 0.6 is 0 Å². The standard InChI is InChI=1S/C12H20N2O2/c1-9(10(2)15-3)14-8-11-6-5-7-13-12(11)16-4/h5-7,9-10,14H,8H2,1-4H3. The predicted octanol–water partition coefficient (Wildman–Crippen LogP) is 1.60. The third-order valence-electron chi connectivity index (χ3n) is 2.73. The highest BCUT2D eigenvalue weighted by Gasteiger charge is 2.11. The average Bonchev–Trinajstić information content (AvgIpc) is 2.35. The second-order valence-corrected chi connectivity index (χ2v) is 3.78. The summed E-state index contributed by atoms with van der Waals surface area (Å²) in [7, 11) is 3.35. The van der Waals surface area contributed by atoms with Gasteiger partial charge in [-0.05, 0) is 19.9 Å². The molecule has 0 aliphatic heterocycles. The van der Waals surface area contributed by atoms with Gasteiger partial charge in [0.05, 0.1) is 13.2 Å². The largest absolute Gasteiger partial charge is 0.481 e. The summed E-state index contributed by atoms with van der Waals surface area (Å²) >= 11 is 0. The number of ether oxygens (including phenoxy) is 2. The lowest BCUT2D eigenvalue weighted by atomic mass is 10.2. The Balaban J connectivity index is 2.54. The first-order valence-corrected chi connectivity index (χ1v) is 5.43. The van der Waals surface area contributed by atoms with E-state index in [0.717, 1.165) is 12.1 Å². The molecule has 90 valence electrons. The molecule has 16 heavy (non-hydrogen) atoms. The highest BCUT2D eigenvalue weighted by Crippen LogP contribution is 2.13. The maximum Gasteiger partial charge on any atom is 0.217 e. The van der Waals surface area contributed by atoms with Crippen molar-refractivity contribution in [2.24, 2.45) is 0 Å².